The molecular weight excluding hydrogens is 348 g/mol. The number of methoxy groups -OCH3 is 1. The molecule has 0 heterocycles. The van der Waals surface area contributed by atoms with Gasteiger partial charge in [0.05, 0.1) is 7.11 Å². The van der Waals surface area contributed by atoms with Crippen molar-refractivity contribution < 1.29 is 29.0 Å². The van der Waals surface area contributed by atoms with Crippen molar-refractivity contribution in [3.05, 3.63) is 0 Å². The number of hydrogen-bond acceptors (Lipinski definition) is 7. The molecule has 0 aliphatic rings. The Labute approximate surface area is 153 Å². The SMILES string of the molecule is COC(=O)C(CCCCNC(=O)OC(C)(C)C)NC(=O)C(O)CSC. The number of carbonyl (C=O) groups excluding carboxylic acids is 3. The van der Waals surface area contributed by atoms with Gasteiger partial charge in [-0.3, -0.25) is 4.79 Å². The molecule has 146 valence electrons. The van der Waals surface area contributed by atoms with Gasteiger partial charge in [0.2, 0.25) is 5.91 Å². The van der Waals surface area contributed by atoms with E-state index < -0.39 is 35.7 Å². The zero-order chi connectivity index (χ0) is 19.5. The third-order valence-electron chi connectivity index (χ3n) is 3.02. The van der Waals surface area contributed by atoms with Gasteiger partial charge in [-0.05, 0) is 46.3 Å². The standard InChI is InChI=1S/C16H30N2O6S/c1-16(2,3)24-15(22)17-9-7-6-8-11(14(21)23-4)18-13(20)12(19)10-25-5/h11-12,19H,6-10H2,1-5H3,(H,17,22)(H,18,20). The molecule has 0 bridgehead atoms. The number of hydrogen-bond donors (Lipinski definition) is 3. The fourth-order valence-electron chi connectivity index (χ4n) is 1.87. The van der Waals surface area contributed by atoms with E-state index >= 15 is 0 Å². The zero-order valence-corrected chi connectivity index (χ0v) is 16.4. The molecular formula is C16H30N2O6S. The van der Waals surface area contributed by atoms with E-state index in [-0.39, 0.29) is 5.75 Å². The highest BCUT2D eigenvalue weighted by molar-refractivity contribution is 7.98. The molecule has 25 heavy (non-hydrogen) atoms. The van der Waals surface area contributed by atoms with Crippen LogP contribution in [0.2, 0.25) is 0 Å². The van der Waals surface area contributed by atoms with E-state index in [0.29, 0.717) is 25.8 Å². The van der Waals surface area contributed by atoms with Crippen LogP contribution < -0.4 is 10.6 Å². The smallest absolute Gasteiger partial charge is 0.407 e. The summed E-state index contributed by atoms with van der Waals surface area (Å²) in [5.74, 6) is -0.916. The van der Waals surface area contributed by atoms with Gasteiger partial charge in [-0.25, -0.2) is 9.59 Å². The number of unbranched alkanes of at least 4 members (excludes halogenated alkanes) is 1. The monoisotopic (exact) mass is 378 g/mol. The molecule has 3 N–H and O–H groups in total. The van der Waals surface area contributed by atoms with Gasteiger partial charge >= 0.3 is 12.1 Å². The molecule has 2 amide bonds. The molecule has 8 nitrogen and oxygen atoms in total. The van der Waals surface area contributed by atoms with Crippen LogP contribution >= 0.6 is 11.8 Å². The Balaban J connectivity index is 4.23. The maximum atomic E-state index is 11.8. The predicted molar refractivity (Wildman–Crippen MR) is 96.4 cm³/mol. The minimum Gasteiger partial charge on any atom is -0.467 e. The number of amides is 2. The third-order valence-corrected chi connectivity index (χ3v) is 3.67. The summed E-state index contributed by atoms with van der Waals surface area (Å²) in [6, 6.07) is -0.824. The van der Waals surface area contributed by atoms with Crippen LogP contribution in [-0.4, -0.2) is 66.5 Å². The maximum Gasteiger partial charge on any atom is 0.407 e. The van der Waals surface area contributed by atoms with Crippen LogP contribution in [-0.2, 0) is 19.1 Å². The summed E-state index contributed by atoms with van der Waals surface area (Å²) in [7, 11) is 1.24. The second-order valence-corrected chi connectivity index (χ2v) is 7.39. The number of ether oxygens (including phenoxy) is 2. The van der Waals surface area contributed by atoms with Crippen molar-refractivity contribution in [2.75, 3.05) is 25.7 Å². The molecule has 2 atom stereocenters. The second kappa shape index (κ2) is 12.0. The molecule has 0 saturated carbocycles. The highest BCUT2D eigenvalue weighted by Crippen LogP contribution is 2.07. The highest BCUT2D eigenvalue weighted by atomic mass is 32.2. The van der Waals surface area contributed by atoms with Crippen molar-refractivity contribution in [2.45, 2.75) is 57.8 Å². The quantitative estimate of drug-likeness (QED) is 0.385. The topological polar surface area (TPSA) is 114 Å². The minimum atomic E-state index is -1.17. The van der Waals surface area contributed by atoms with Crippen LogP contribution in [0.15, 0.2) is 0 Å². The summed E-state index contributed by atoms with van der Waals surface area (Å²) in [6.45, 7) is 5.73. The second-order valence-electron chi connectivity index (χ2n) is 6.48. The number of nitrogens with one attached hydrogen (secondary N) is 2. The van der Waals surface area contributed by atoms with E-state index in [9.17, 15) is 19.5 Å². The largest absolute Gasteiger partial charge is 0.467 e. The Kier molecular flexibility index (Phi) is 11.3. The number of rotatable bonds is 10. The van der Waals surface area contributed by atoms with Crippen molar-refractivity contribution in [1.29, 1.82) is 0 Å². The zero-order valence-electron chi connectivity index (χ0n) is 15.6. The maximum absolute atomic E-state index is 11.8. The first-order valence-electron chi connectivity index (χ1n) is 8.12. The van der Waals surface area contributed by atoms with E-state index in [2.05, 4.69) is 15.4 Å². The van der Waals surface area contributed by atoms with Crippen LogP contribution in [0.4, 0.5) is 4.79 Å². The lowest BCUT2D eigenvalue weighted by molar-refractivity contribution is -0.146. The Bertz CT molecular complexity index is 439. The van der Waals surface area contributed by atoms with Crippen LogP contribution in [0, 0.1) is 0 Å². The molecule has 0 aliphatic heterocycles. The number of thioether (sulfide) groups is 1. The fourth-order valence-corrected chi connectivity index (χ4v) is 2.34. The first kappa shape index (κ1) is 23.5. The summed E-state index contributed by atoms with van der Waals surface area (Å²) in [6.07, 6.45) is 1.64. The summed E-state index contributed by atoms with van der Waals surface area (Å²) in [4.78, 5) is 35.1. The number of aliphatic hydroxyl groups is 1. The lowest BCUT2D eigenvalue weighted by Gasteiger charge is -2.20. The van der Waals surface area contributed by atoms with Crippen LogP contribution in [0.3, 0.4) is 0 Å². The number of carbonyl (C=O) groups is 3. The Morgan fingerprint density at radius 3 is 2.36 bits per heavy atom. The molecule has 0 spiro atoms. The number of alkyl carbamates (subject to hydrolysis) is 1. The number of aliphatic hydroxyl groups excluding tert-OH is 1. The van der Waals surface area contributed by atoms with E-state index in [1.54, 1.807) is 27.0 Å². The summed E-state index contributed by atoms with van der Waals surface area (Å²) < 4.78 is 9.78. The van der Waals surface area contributed by atoms with Gasteiger partial charge in [0.25, 0.3) is 0 Å². The first-order valence-corrected chi connectivity index (χ1v) is 9.52. The summed E-state index contributed by atoms with van der Waals surface area (Å²) >= 11 is 1.33. The molecule has 0 fully saturated rings. The molecule has 9 heteroatoms. The summed E-state index contributed by atoms with van der Waals surface area (Å²) in [5, 5.41) is 14.8. The molecule has 0 aromatic rings. The Morgan fingerprint density at radius 1 is 1.20 bits per heavy atom. The van der Waals surface area contributed by atoms with E-state index in [0.717, 1.165) is 0 Å². The van der Waals surface area contributed by atoms with Gasteiger partial charge in [-0.2, -0.15) is 11.8 Å². The van der Waals surface area contributed by atoms with Gasteiger partial charge in [0, 0.05) is 12.3 Å². The fraction of sp³-hybridized carbons (Fsp3) is 0.812. The normalized spacial score (nSPS) is 13.5. The van der Waals surface area contributed by atoms with Crippen LogP contribution in [0.1, 0.15) is 40.0 Å². The first-order chi connectivity index (χ1) is 11.6. The molecule has 0 aliphatic carbocycles. The van der Waals surface area contributed by atoms with Gasteiger partial charge in [0.1, 0.15) is 17.7 Å². The lowest BCUT2D eigenvalue weighted by atomic mass is 10.1. The van der Waals surface area contributed by atoms with Gasteiger partial charge in [-0.1, -0.05) is 0 Å². The highest BCUT2D eigenvalue weighted by Gasteiger charge is 2.24. The average Bonchev–Trinajstić information content (AvgIpc) is 2.50. The average molecular weight is 378 g/mol. The molecule has 0 aromatic carbocycles. The van der Waals surface area contributed by atoms with Crippen molar-refractivity contribution >= 4 is 29.7 Å². The van der Waals surface area contributed by atoms with E-state index in [4.69, 9.17) is 4.74 Å². The molecule has 0 aromatic heterocycles. The lowest BCUT2D eigenvalue weighted by Crippen LogP contribution is -2.46. The van der Waals surface area contributed by atoms with Crippen molar-refractivity contribution in [1.82, 2.24) is 10.6 Å². The van der Waals surface area contributed by atoms with Crippen LogP contribution in [0.25, 0.3) is 0 Å². The van der Waals surface area contributed by atoms with Gasteiger partial charge < -0.3 is 25.2 Å². The molecule has 0 saturated heterocycles. The predicted octanol–water partition coefficient (Wildman–Crippen LogP) is 1.06. The molecule has 0 radical (unpaired) electrons. The van der Waals surface area contributed by atoms with Crippen molar-refractivity contribution in [3.63, 3.8) is 0 Å². The Hall–Kier alpha value is -1.48. The molecule has 0 rings (SSSR count). The minimum absolute atomic E-state index is 0.250. The van der Waals surface area contributed by atoms with Crippen molar-refractivity contribution in [3.8, 4) is 0 Å². The molecule has 2 unspecified atom stereocenters. The van der Waals surface area contributed by atoms with Crippen molar-refractivity contribution in [2.24, 2.45) is 0 Å². The number of esters is 1. The van der Waals surface area contributed by atoms with E-state index in [1.807, 2.05) is 0 Å². The third kappa shape index (κ3) is 11.7. The Morgan fingerprint density at radius 2 is 1.84 bits per heavy atom. The summed E-state index contributed by atoms with van der Waals surface area (Å²) in [5.41, 5.74) is -0.554. The van der Waals surface area contributed by atoms with Gasteiger partial charge in [-0.15, -0.1) is 0 Å². The van der Waals surface area contributed by atoms with Crippen LogP contribution in [0.5, 0.6) is 0 Å². The van der Waals surface area contributed by atoms with E-state index in [1.165, 1.54) is 18.9 Å². The van der Waals surface area contributed by atoms with Gasteiger partial charge in [0.15, 0.2) is 0 Å².